The number of hydrogen-bond donors (Lipinski definition) is 2. The molecule has 2 N–H and O–H groups in total. The van der Waals surface area contributed by atoms with Gasteiger partial charge in [0.05, 0.1) is 0 Å². The third-order valence-corrected chi connectivity index (χ3v) is 3.66. The van der Waals surface area contributed by atoms with Gasteiger partial charge in [-0.1, -0.05) is 37.5 Å². The van der Waals surface area contributed by atoms with Crippen LogP contribution in [0.4, 0.5) is 0 Å². The lowest BCUT2D eigenvalue weighted by atomic mass is 9.88. The highest BCUT2D eigenvalue weighted by Crippen LogP contribution is 2.23. The largest absolute Gasteiger partial charge is 0.508 e. The Hall–Kier alpha value is -1.51. The molecule has 1 saturated carbocycles. The van der Waals surface area contributed by atoms with E-state index in [9.17, 15) is 9.90 Å². The minimum atomic E-state index is 0.185. The molecule has 0 saturated heterocycles. The second-order valence-electron chi connectivity index (χ2n) is 5.00. The highest BCUT2D eigenvalue weighted by atomic mass is 16.3. The van der Waals surface area contributed by atoms with Crippen molar-refractivity contribution in [2.75, 3.05) is 6.54 Å². The lowest BCUT2D eigenvalue weighted by Gasteiger charge is -2.20. The number of rotatable bonds is 4. The predicted molar refractivity (Wildman–Crippen MR) is 71.4 cm³/mol. The highest BCUT2D eigenvalue weighted by molar-refractivity contribution is 5.78. The first kappa shape index (κ1) is 12.9. The molecule has 98 valence electrons. The van der Waals surface area contributed by atoms with Gasteiger partial charge in [0.25, 0.3) is 0 Å². The maximum absolute atomic E-state index is 11.9. The molecule has 3 heteroatoms. The van der Waals surface area contributed by atoms with Crippen molar-refractivity contribution >= 4 is 5.91 Å². The Labute approximate surface area is 108 Å². The van der Waals surface area contributed by atoms with E-state index >= 15 is 0 Å². The number of aromatic hydroxyl groups is 1. The normalized spacial score (nSPS) is 16.4. The molecular weight excluding hydrogens is 226 g/mol. The molecule has 1 amide bonds. The first-order valence-electron chi connectivity index (χ1n) is 6.82. The van der Waals surface area contributed by atoms with E-state index in [0.717, 1.165) is 18.4 Å². The second-order valence-corrected chi connectivity index (χ2v) is 5.00. The van der Waals surface area contributed by atoms with E-state index in [2.05, 4.69) is 5.32 Å². The number of nitrogens with one attached hydrogen (secondary N) is 1. The third kappa shape index (κ3) is 3.49. The first-order valence-corrected chi connectivity index (χ1v) is 6.82. The molecule has 2 rings (SSSR count). The Morgan fingerprint density at radius 1 is 1.22 bits per heavy atom. The van der Waals surface area contributed by atoms with Gasteiger partial charge in [-0.15, -0.1) is 0 Å². The van der Waals surface area contributed by atoms with Crippen LogP contribution in [0.2, 0.25) is 0 Å². The summed E-state index contributed by atoms with van der Waals surface area (Å²) in [6.07, 6.45) is 6.37. The van der Waals surface area contributed by atoms with Gasteiger partial charge < -0.3 is 10.4 Å². The number of hydrogen-bond acceptors (Lipinski definition) is 2. The van der Waals surface area contributed by atoms with Crippen molar-refractivity contribution in [2.45, 2.75) is 38.5 Å². The number of phenolic OH excluding ortho intramolecular Hbond substituents is 1. The molecule has 0 radical (unpaired) electrons. The summed E-state index contributed by atoms with van der Waals surface area (Å²) in [6.45, 7) is 0.604. The van der Waals surface area contributed by atoms with Crippen LogP contribution >= 0.6 is 0 Å². The zero-order chi connectivity index (χ0) is 12.8. The van der Waals surface area contributed by atoms with Crippen molar-refractivity contribution in [3.05, 3.63) is 29.8 Å². The van der Waals surface area contributed by atoms with Crippen molar-refractivity contribution in [1.29, 1.82) is 0 Å². The van der Waals surface area contributed by atoms with E-state index in [0.29, 0.717) is 18.7 Å². The number of phenols is 1. The average Bonchev–Trinajstić information content (AvgIpc) is 2.42. The second kappa shape index (κ2) is 6.43. The monoisotopic (exact) mass is 247 g/mol. The quantitative estimate of drug-likeness (QED) is 0.859. The molecule has 0 aliphatic heterocycles. The fourth-order valence-corrected chi connectivity index (χ4v) is 2.55. The molecule has 1 aromatic carbocycles. The Balaban J connectivity index is 1.75. The number of amides is 1. The fourth-order valence-electron chi connectivity index (χ4n) is 2.55. The van der Waals surface area contributed by atoms with Gasteiger partial charge in [0.15, 0.2) is 0 Å². The van der Waals surface area contributed by atoms with Crippen molar-refractivity contribution in [2.24, 2.45) is 5.92 Å². The van der Waals surface area contributed by atoms with Crippen LogP contribution in [0.1, 0.15) is 37.7 Å². The molecule has 1 aliphatic rings. The van der Waals surface area contributed by atoms with Gasteiger partial charge in [-0.05, 0) is 30.9 Å². The van der Waals surface area contributed by atoms with Crippen molar-refractivity contribution < 1.29 is 9.90 Å². The van der Waals surface area contributed by atoms with Gasteiger partial charge in [-0.3, -0.25) is 4.79 Å². The predicted octanol–water partition coefficient (Wildman–Crippen LogP) is 2.63. The molecule has 0 aromatic heterocycles. The molecule has 0 bridgehead atoms. The van der Waals surface area contributed by atoms with Crippen molar-refractivity contribution in [1.82, 2.24) is 5.32 Å². The summed E-state index contributed by atoms with van der Waals surface area (Å²) < 4.78 is 0. The molecule has 1 fully saturated rings. The van der Waals surface area contributed by atoms with Gasteiger partial charge in [0.1, 0.15) is 5.75 Å². The maximum atomic E-state index is 11.9. The SMILES string of the molecule is O=C(NCCc1ccccc1O)C1CCCCC1. The lowest BCUT2D eigenvalue weighted by molar-refractivity contribution is -0.125. The van der Waals surface area contributed by atoms with Crippen LogP contribution in [-0.4, -0.2) is 17.6 Å². The summed E-state index contributed by atoms with van der Waals surface area (Å²) in [6, 6.07) is 7.28. The molecule has 1 aromatic rings. The van der Waals surface area contributed by atoms with Gasteiger partial charge in [-0.2, -0.15) is 0 Å². The topological polar surface area (TPSA) is 49.3 Å². The van der Waals surface area contributed by atoms with Crippen LogP contribution in [0.15, 0.2) is 24.3 Å². The molecule has 3 nitrogen and oxygen atoms in total. The molecule has 0 heterocycles. The molecule has 0 unspecified atom stereocenters. The summed E-state index contributed by atoms with van der Waals surface area (Å²) in [5.41, 5.74) is 0.890. The lowest BCUT2D eigenvalue weighted by Crippen LogP contribution is -2.33. The summed E-state index contributed by atoms with van der Waals surface area (Å²) in [5, 5.41) is 12.6. The Kier molecular flexibility index (Phi) is 4.62. The smallest absolute Gasteiger partial charge is 0.223 e. The zero-order valence-corrected chi connectivity index (χ0v) is 10.7. The standard InChI is InChI=1S/C15H21NO2/c17-14-9-5-4-6-12(14)10-11-16-15(18)13-7-2-1-3-8-13/h4-6,9,13,17H,1-3,7-8,10-11H2,(H,16,18). The van der Waals surface area contributed by atoms with Crippen LogP contribution < -0.4 is 5.32 Å². The Morgan fingerprint density at radius 2 is 1.94 bits per heavy atom. The first-order chi connectivity index (χ1) is 8.77. The molecule has 18 heavy (non-hydrogen) atoms. The zero-order valence-electron chi connectivity index (χ0n) is 10.7. The Bertz CT molecular complexity index is 397. The van der Waals surface area contributed by atoms with Crippen molar-refractivity contribution in [3.63, 3.8) is 0 Å². The van der Waals surface area contributed by atoms with E-state index in [4.69, 9.17) is 0 Å². The summed E-state index contributed by atoms with van der Waals surface area (Å²) in [5.74, 6) is 0.706. The average molecular weight is 247 g/mol. The van der Waals surface area contributed by atoms with Gasteiger partial charge in [-0.25, -0.2) is 0 Å². The minimum Gasteiger partial charge on any atom is -0.508 e. The molecule has 0 atom stereocenters. The Morgan fingerprint density at radius 3 is 2.67 bits per heavy atom. The van der Waals surface area contributed by atoms with Gasteiger partial charge in [0, 0.05) is 12.5 Å². The van der Waals surface area contributed by atoms with Gasteiger partial charge >= 0.3 is 0 Å². The van der Waals surface area contributed by atoms with E-state index in [1.165, 1.54) is 19.3 Å². The highest BCUT2D eigenvalue weighted by Gasteiger charge is 2.20. The maximum Gasteiger partial charge on any atom is 0.223 e. The van der Waals surface area contributed by atoms with E-state index in [1.54, 1.807) is 12.1 Å². The molecule has 1 aliphatic carbocycles. The number of para-hydroxylation sites is 1. The van der Waals surface area contributed by atoms with Gasteiger partial charge in [0.2, 0.25) is 5.91 Å². The van der Waals surface area contributed by atoms with Crippen LogP contribution in [0.3, 0.4) is 0 Å². The number of carbonyl (C=O) groups is 1. The van der Waals surface area contributed by atoms with E-state index in [-0.39, 0.29) is 11.8 Å². The van der Waals surface area contributed by atoms with E-state index in [1.807, 2.05) is 12.1 Å². The fraction of sp³-hybridized carbons (Fsp3) is 0.533. The molecular formula is C15H21NO2. The van der Waals surface area contributed by atoms with Crippen LogP contribution in [0, 0.1) is 5.92 Å². The van der Waals surface area contributed by atoms with E-state index < -0.39 is 0 Å². The van der Waals surface area contributed by atoms with Crippen LogP contribution in [-0.2, 0) is 11.2 Å². The summed E-state index contributed by atoms with van der Waals surface area (Å²) in [4.78, 5) is 11.9. The van der Waals surface area contributed by atoms with Crippen LogP contribution in [0.5, 0.6) is 5.75 Å². The summed E-state index contributed by atoms with van der Waals surface area (Å²) >= 11 is 0. The minimum absolute atomic E-state index is 0.185. The summed E-state index contributed by atoms with van der Waals surface area (Å²) in [7, 11) is 0. The molecule has 0 spiro atoms. The number of benzene rings is 1. The van der Waals surface area contributed by atoms with Crippen molar-refractivity contribution in [3.8, 4) is 5.75 Å². The van der Waals surface area contributed by atoms with Crippen LogP contribution in [0.25, 0.3) is 0 Å². The third-order valence-electron chi connectivity index (χ3n) is 3.66. The number of carbonyl (C=O) groups excluding carboxylic acids is 1.